The van der Waals surface area contributed by atoms with Crippen molar-refractivity contribution >= 4 is 12.3 Å². The molecule has 1 saturated heterocycles. The van der Waals surface area contributed by atoms with Crippen LogP contribution in [0.1, 0.15) is 0 Å². The van der Waals surface area contributed by atoms with Gasteiger partial charge >= 0.3 is 12.3 Å². The summed E-state index contributed by atoms with van der Waals surface area (Å²) in [6, 6.07) is 0. The highest BCUT2D eigenvalue weighted by Crippen LogP contribution is 2.17. The van der Waals surface area contributed by atoms with E-state index in [0.29, 0.717) is 23.8 Å². The first-order chi connectivity index (χ1) is 3.30. The van der Waals surface area contributed by atoms with Crippen LogP contribution in [0.5, 0.6) is 0 Å². The third-order valence-electron chi connectivity index (χ3n) is 0.606. The summed E-state index contributed by atoms with van der Waals surface area (Å²) in [7, 11) is 0. The molecule has 1 heterocycles. The second-order valence-corrected chi connectivity index (χ2v) is 1.62. The van der Waals surface area contributed by atoms with Gasteiger partial charge in [0.1, 0.15) is 0 Å². The minimum Gasteiger partial charge on any atom is -0.239 e. The van der Waals surface area contributed by atoms with Crippen LogP contribution in [0.15, 0.2) is 24.7 Å². The average Bonchev–Trinajstić information content (AvgIpc) is 1.91. The SMILES string of the molecule is C=C1O[SH+]OC1=C. The first kappa shape index (κ1) is 4.59. The second kappa shape index (κ2) is 1.50. The monoisotopic (exact) mass is 117 g/mol. The number of hydrogen-bond acceptors (Lipinski definition) is 2. The smallest absolute Gasteiger partial charge is 0.239 e. The minimum absolute atomic E-state index is 0.481. The van der Waals surface area contributed by atoms with E-state index in [9.17, 15) is 0 Å². The molecular weight excluding hydrogens is 112 g/mol. The molecule has 0 bridgehead atoms. The van der Waals surface area contributed by atoms with Crippen molar-refractivity contribution in [3.63, 3.8) is 0 Å². The van der Waals surface area contributed by atoms with Gasteiger partial charge < -0.3 is 0 Å². The van der Waals surface area contributed by atoms with Crippen LogP contribution >= 0.6 is 0 Å². The van der Waals surface area contributed by atoms with E-state index in [1.54, 1.807) is 0 Å². The molecule has 1 rings (SSSR count). The van der Waals surface area contributed by atoms with Crippen LogP contribution in [-0.4, -0.2) is 0 Å². The molecule has 0 radical (unpaired) electrons. The van der Waals surface area contributed by atoms with E-state index in [-0.39, 0.29) is 0 Å². The van der Waals surface area contributed by atoms with Gasteiger partial charge in [0.25, 0.3) is 0 Å². The van der Waals surface area contributed by atoms with Crippen molar-refractivity contribution in [2.24, 2.45) is 0 Å². The van der Waals surface area contributed by atoms with Crippen molar-refractivity contribution in [2.75, 3.05) is 0 Å². The van der Waals surface area contributed by atoms with Gasteiger partial charge in [-0.15, -0.1) is 0 Å². The van der Waals surface area contributed by atoms with E-state index in [4.69, 9.17) is 8.37 Å². The van der Waals surface area contributed by atoms with Crippen LogP contribution in [0, 0.1) is 0 Å². The van der Waals surface area contributed by atoms with Gasteiger partial charge in [-0.25, -0.2) is 8.37 Å². The molecular formula is C4H5O2S+. The number of rotatable bonds is 0. The number of thiol groups is 1. The maximum absolute atomic E-state index is 4.72. The summed E-state index contributed by atoms with van der Waals surface area (Å²) in [4.78, 5) is 0. The molecule has 0 unspecified atom stereocenters. The van der Waals surface area contributed by atoms with Gasteiger partial charge in [-0.1, -0.05) is 0 Å². The summed E-state index contributed by atoms with van der Waals surface area (Å²) in [5.74, 6) is 1.06. The zero-order chi connectivity index (χ0) is 5.28. The quantitative estimate of drug-likeness (QED) is 0.343. The molecule has 0 aromatic carbocycles. The molecule has 0 aromatic rings. The van der Waals surface area contributed by atoms with E-state index in [1.807, 2.05) is 0 Å². The molecule has 38 valence electrons. The maximum Gasteiger partial charge on any atom is 0.398 e. The lowest BCUT2D eigenvalue weighted by Crippen LogP contribution is -1.72. The van der Waals surface area contributed by atoms with Gasteiger partial charge in [-0.3, -0.25) is 0 Å². The molecule has 7 heavy (non-hydrogen) atoms. The summed E-state index contributed by atoms with van der Waals surface area (Å²) in [5, 5.41) is 0. The van der Waals surface area contributed by atoms with Gasteiger partial charge in [0.2, 0.25) is 11.5 Å². The zero-order valence-corrected chi connectivity index (χ0v) is 4.57. The van der Waals surface area contributed by atoms with Crippen LogP contribution in [0.3, 0.4) is 0 Å². The Balaban J connectivity index is 2.65. The predicted molar refractivity (Wildman–Crippen MR) is 29.2 cm³/mol. The summed E-state index contributed by atoms with van der Waals surface area (Å²) in [6.45, 7) is 6.96. The van der Waals surface area contributed by atoms with Gasteiger partial charge in [0.15, 0.2) is 0 Å². The Kier molecular flexibility index (Phi) is 0.982. The van der Waals surface area contributed by atoms with Crippen molar-refractivity contribution in [3.05, 3.63) is 24.7 Å². The molecule has 0 atom stereocenters. The summed E-state index contributed by atoms with van der Waals surface area (Å²) >= 11 is 0.481. The first-order valence-corrected chi connectivity index (χ1v) is 2.46. The molecule has 0 saturated carbocycles. The van der Waals surface area contributed by atoms with E-state index in [2.05, 4.69) is 13.2 Å². The van der Waals surface area contributed by atoms with Crippen LogP contribution in [0.25, 0.3) is 0 Å². The summed E-state index contributed by atoms with van der Waals surface area (Å²) in [6.07, 6.45) is 0. The first-order valence-electron chi connectivity index (χ1n) is 1.73. The minimum atomic E-state index is 0.481. The molecule has 1 aliphatic heterocycles. The van der Waals surface area contributed by atoms with E-state index < -0.39 is 0 Å². The highest BCUT2D eigenvalue weighted by Gasteiger charge is 2.21. The fourth-order valence-corrected chi connectivity index (χ4v) is 0.631. The lowest BCUT2D eigenvalue weighted by molar-refractivity contribution is 0.531. The summed E-state index contributed by atoms with van der Waals surface area (Å²) < 4.78 is 9.44. The molecule has 0 aromatic heterocycles. The topological polar surface area (TPSA) is 18.5 Å². The lowest BCUT2D eigenvalue weighted by atomic mass is 10.5. The molecule has 3 heteroatoms. The van der Waals surface area contributed by atoms with E-state index >= 15 is 0 Å². The second-order valence-electron chi connectivity index (χ2n) is 1.10. The molecule has 0 amide bonds. The van der Waals surface area contributed by atoms with Gasteiger partial charge in [0, 0.05) is 0 Å². The fourth-order valence-electron chi connectivity index (χ4n) is 0.210. The van der Waals surface area contributed by atoms with Crippen molar-refractivity contribution < 1.29 is 8.37 Å². The Labute approximate surface area is 46.2 Å². The zero-order valence-electron chi connectivity index (χ0n) is 3.68. The van der Waals surface area contributed by atoms with Crippen LogP contribution in [0.4, 0.5) is 0 Å². The van der Waals surface area contributed by atoms with E-state index in [0.717, 1.165) is 0 Å². The van der Waals surface area contributed by atoms with Crippen LogP contribution in [-0.2, 0) is 20.7 Å². The number of hydrogen-bond donors (Lipinski definition) is 0. The largest absolute Gasteiger partial charge is 0.398 e. The highest BCUT2D eigenvalue weighted by molar-refractivity contribution is 7.68. The molecule has 0 N–H and O–H groups in total. The van der Waals surface area contributed by atoms with Crippen molar-refractivity contribution in [1.29, 1.82) is 0 Å². The molecule has 0 spiro atoms. The molecule has 2 nitrogen and oxygen atoms in total. The van der Waals surface area contributed by atoms with Crippen molar-refractivity contribution in [1.82, 2.24) is 0 Å². The normalized spacial score (nSPS) is 18.9. The van der Waals surface area contributed by atoms with Crippen molar-refractivity contribution in [3.8, 4) is 0 Å². The third-order valence-corrected chi connectivity index (χ3v) is 1.20. The Bertz CT molecular complexity index is 105. The Morgan fingerprint density at radius 2 is 1.57 bits per heavy atom. The highest BCUT2D eigenvalue weighted by atomic mass is 32.2. The molecule has 1 aliphatic rings. The third kappa shape index (κ3) is 0.718. The predicted octanol–water partition coefficient (Wildman–Crippen LogP) is 0.706. The van der Waals surface area contributed by atoms with E-state index in [1.165, 1.54) is 0 Å². The fraction of sp³-hybridized carbons (Fsp3) is 0. The molecule has 0 aliphatic carbocycles. The molecule has 1 fully saturated rings. The van der Waals surface area contributed by atoms with Gasteiger partial charge in [0.05, 0.1) is 0 Å². The Hall–Kier alpha value is -0.570. The lowest BCUT2D eigenvalue weighted by Gasteiger charge is -1.73. The van der Waals surface area contributed by atoms with Gasteiger partial charge in [-0.2, -0.15) is 0 Å². The standard InChI is InChI=1S/C4H4O2S/c1-3-4(2)6-7-5-3/h1-2H2/p+1. The Morgan fingerprint density at radius 3 is 1.71 bits per heavy atom. The van der Waals surface area contributed by atoms with Gasteiger partial charge in [-0.05, 0) is 13.2 Å². The van der Waals surface area contributed by atoms with Crippen molar-refractivity contribution in [2.45, 2.75) is 0 Å². The Morgan fingerprint density at radius 1 is 1.14 bits per heavy atom. The summed E-state index contributed by atoms with van der Waals surface area (Å²) in [5.41, 5.74) is 0. The average molecular weight is 117 g/mol. The van der Waals surface area contributed by atoms with Crippen LogP contribution < -0.4 is 0 Å². The van der Waals surface area contributed by atoms with Crippen LogP contribution in [0.2, 0.25) is 0 Å². The maximum atomic E-state index is 4.72.